The molecule has 0 atom stereocenters. The van der Waals surface area contributed by atoms with Crippen LogP contribution in [0.15, 0.2) is 0 Å². The van der Waals surface area contributed by atoms with Crippen LogP contribution in [-0.4, -0.2) is 13.3 Å². The van der Waals surface area contributed by atoms with Gasteiger partial charge in [-0.3, -0.25) is 8.78 Å². The molecule has 0 saturated heterocycles. The molecule has 152 valence electrons. The minimum absolute atomic E-state index is 0.0853. The lowest BCUT2D eigenvalue weighted by molar-refractivity contribution is 0.0998. The molecule has 3 rings (SSSR count). The van der Waals surface area contributed by atoms with Gasteiger partial charge in [0.1, 0.15) is 0 Å². The summed E-state index contributed by atoms with van der Waals surface area (Å²) < 4.78 is 25.0. The minimum atomic E-state index is -0.132. The first-order chi connectivity index (χ1) is 12.8. The second-order valence-corrected chi connectivity index (χ2v) is 9.93. The van der Waals surface area contributed by atoms with E-state index in [-0.39, 0.29) is 13.3 Å². The zero-order valence-electron chi connectivity index (χ0n) is 16.9. The van der Waals surface area contributed by atoms with Gasteiger partial charge in [-0.15, -0.1) is 0 Å². The van der Waals surface area contributed by atoms with Crippen molar-refractivity contribution in [2.45, 2.75) is 103 Å². The van der Waals surface area contributed by atoms with Gasteiger partial charge in [0.05, 0.1) is 13.3 Å². The van der Waals surface area contributed by atoms with Crippen molar-refractivity contribution in [2.75, 3.05) is 13.3 Å². The second kappa shape index (κ2) is 11.0. The van der Waals surface area contributed by atoms with Gasteiger partial charge in [0, 0.05) is 0 Å². The van der Waals surface area contributed by atoms with Gasteiger partial charge in [-0.25, -0.2) is 0 Å². The maximum Gasteiger partial charge on any atom is 0.0922 e. The molecule has 0 N–H and O–H groups in total. The largest absolute Gasteiger partial charge is 0.251 e. The predicted octanol–water partition coefficient (Wildman–Crippen LogP) is 7.91. The van der Waals surface area contributed by atoms with Gasteiger partial charge in [-0.2, -0.15) is 0 Å². The average molecular weight is 369 g/mol. The Kier molecular flexibility index (Phi) is 8.72. The summed E-state index contributed by atoms with van der Waals surface area (Å²) in [5, 5.41) is 0. The fraction of sp³-hybridized carbons (Fsp3) is 1.00. The Balaban J connectivity index is 1.31. The van der Waals surface area contributed by atoms with Crippen LogP contribution in [0.2, 0.25) is 0 Å². The zero-order valence-corrected chi connectivity index (χ0v) is 16.9. The van der Waals surface area contributed by atoms with Gasteiger partial charge in [0.25, 0.3) is 0 Å². The molecule has 0 spiro atoms. The summed E-state index contributed by atoms with van der Waals surface area (Å²) in [5.41, 5.74) is 0. The molecule has 2 heteroatoms. The van der Waals surface area contributed by atoms with E-state index in [1.54, 1.807) is 0 Å². The van der Waals surface area contributed by atoms with Crippen LogP contribution in [-0.2, 0) is 0 Å². The molecule has 26 heavy (non-hydrogen) atoms. The summed E-state index contributed by atoms with van der Waals surface area (Å²) in [4.78, 5) is 0. The van der Waals surface area contributed by atoms with Gasteiger partial charge in [0.2, 0.25) is 0 Å². The summed E-state index contributed by atoms with van der Waals surface area (Å²) in [6.07, 6.45) is 21.0. The van der Waals surface area contributed by atoms with Crippen molar-refractivity contribution in [3.8, 4) is 0 Å². The zero-order chi connectivity index (χ0) is 18.2. The van der Waals surface area contributed by atoms with E-state index in [4.69, 9.17) is 0 Å². The number of rotatable bonds is 8. The highest BCUT2D eigenvalue weighted by atomic mass is 19.1. The Morgan fingerprint density at radius 3 is 1.31 bits per heavy atom. The lowest BCUT2D eigenvalue weighted by Crippen LogP contribution is -2.30. The Labute approximate surface area is 160 Å². The first-order valence-electron chi connectivity index (χ1n) is 11.9. The predicted molar refractivity (Wildman–Crippen MR) is 107 cm³/mol. The lowest BCUT2D eigenvalue weighted by atomic mass is 9.65. The number of hydrogen-bond acceptors (Lipinski definition) is 0. The van der Waals surface area contributed by atoms with Crippen molar-refractivity contribution >= 4 is 0 Å². The fourth-order valence-corrected chi connectivity index (χ4v) is 6.55. The standard InChI is InChI=1S/C24H42F2/c25-17-3-1-2-4-19-5-9-21(10-6-19)23-13-15-24(16-14-23)22-11-7-20(18-26)8-12-22/h19-24H,1-18H2. The van der Waals surface area contributed by atoms with Crippen LogP contribution >= 0.6 is 0 Å². The summed E-state index contributed by atoms with van der Waals surface area (Å²) >= 11 is 0. The van der Waals surface area contributed by atoms with Gasteiger partial charge in [-0.1, -0.05) is 32.1 Å². The minimum Gasteiger partial charge on any atom is -0.251 e. The van der Waals surface area contributed by atoms with Crippen molar-refractivity contribution in [3.05, 3.63) is 0 Å². The highest BCUT2D eigenvalue weighted by molar-refractivity contribution is 4.85. The van der Waals surface area contributed by atoms with Gasteiger partial charge < -0.3 is 0 Å². The summed E-state index contributed by atoms with van der Waals surface area (Å²) in [6, 6.07) is 0. The Morgan fingerprint density at radius 1 is 0.462 bits per heavy atom. The second-order valence-electron chi connectivity index (χ2n) is 9.93. The van der Waals surface area contributed by atoms with Crippen molar-refractivity contribution in [1.29, 1.82) is 0 Å². The van der Waals surface area contributed by atoms with Crippen LogP contribution in [0.5, 0.6) is 0 Å². The molecule has 0 amide bonds. The molecule has 3 saturated carbocycles. The van der Waals surface area contributed by atoms with Crippen molar-refractivity contribution in [1.82, 2.24) is 0 Å². The summed E-state index contributed by atoms with van der Waals surface area (Å²) in [5.74, 6) is 5.20. The van der Waals surface area contributed by atoms with Gasteiger partial charge >= 0.3 is 0 Å². The summed E-state index contributed by atoms with van der Waals surface area (Å²) in [6.45, 7) is -0.218. The maximum atomic E-state index is 12.8. The van der Waals surface area contributed by atoms with Crippen LogP contribution in [0, 0.1) is 35.5 Å². The number of halogens is 2. The Hall–Kier alpha value is -0.140. The Morgan fingerprint density at radius 2 is 0.885 bits per heavy atom. The van der Waals surface area contributed by atoms with E-state index in [1.807, 2.05) is 0 Å². The molecular weight excluding hydrogens is 326 g/mol. The lowest BCUT2D eigenvalue weighted by Gasteiger charge is -2.41. The number of alkyl halides is 2. The first kappa shape index (κ1) is 20.6. The molecule has 0 nitrogen and oxygen atoms in total. The SMILES string of the molecule is FCCCCCC1CCC(C2CCC(C3CCC(CF)CC3)CC2)CC1. The normalized spacial score (nSPS) is 39.0. The van der Waals surface area contributed by atoms with E-state index in [2.05, 4.69) is 0 Å². The molecule has 0 bridgehead atoms. The van der Waals surface area contributed by atoms with Crippen LogP contribution in [0.3, 0.4) is 0 Å². The van der Waals surface area contributed by atoms with E-state index < -0.39 is 0 Å². The average Bonchev–Trinajstić information content (AvgIpc) is 2.72. The monoisotopic (exact) mass is 368 g/mol. The third-order valence-corrected chi connectivity index (χ3v) is 8.40. The van der Waals surface area contributed by atoms with E-state index in [0.29, 0.717) is 5.92 Å². The smallest absolute Gasteiger partial charge is 0.0922 e. The molecule has 0 aromatic rings. The van der Waals surface area contributed by atoms with E-state index in [0.717, 1.165) is 55.3 Å². The maximum absolute atomic E-state index is 12.8. The molecule has 0 aromatic heterocycles. The molecule has 3 fully saturated rings. The molecule has 0 unspecified atom stereocenters. The van der Waals surface area contributed by atoms with Crippen LogP contribution in [0.25, 0.3) is 0 Å². The summed E-state index contributed by atoms with van der Waals surface area (Å²) in [7, 11) is 0. The van der Waals surface area contributed by atoms with E-state index in [1.165, 1.54) is 77.0 Å². The molecule has 0 aliphatic heterocycles. The molecule has 0 heterocycles. The Bertz CT molecular complexity index is 358. The first-order valence-corrected chi connectivity index (χ1v) is 11.9. The topological polar surface area (TPSA) is 0 Å². The highest BCUT2D eigenvalue weighted by Gasteiger charge is 2.34. The molecule has 3 aliphatic carbocycles. The van der Waals surface area contributed by atoms with E-state index in [9.17, 15) is 8.78 Å². The molecule has 3 aliphatic rings. The van der Waals surface area contributed by atoms with Crippen molar-refractivity contribution in [3.63, 3.8) is 0 Å². The van der Waals surface area contributed by atoms with E-state index >= 15 is 0 Å². The molecular formula is C24H42F2. The number of unbranched alkanes of at least 4 members (excludes halogenated alkanes) is 2. The highest BCUT2D eigenvalue weighted by Crippen LogP contribution is 2.46. The van der Waals surface area contributed by atoms with Crippen molar-refractivity contribution in [2.24, 2.45) is 35.5 Å². The van der Waals surface area contributed by atoms with Crippen molar-refractivity contribution < 1.29 is 8.78 Å². The van der Waals surface area contributed by atoms with Gasteiger partial charge in [-0.05, 0) is 106 Å². The number of hydrogen-bond donors (Lipinski definition) is 0. The molecule has 0 radical (unpaired) electrons. The van der Waals surface area contributed by atoms with Crippen LogP contribution in [0.1, 0.15) is 103 Å². The third-order valence-electron chi connectivity index (χ3n) is 8.40. The third kappa shape index (κ3) is 5.93. The van der Waals surface area contributed by atoms with Crippen LogP contribution in [0.4, 0.5) is 8.78 Å². The van der Waals surface area contributed by atoms with Gasteiger partial charge in [0.15, 0.2) is 0 Å². The quantitative estimate of drug-likeness (QED) is 0.382. The van der Waals surface area contributed by atoms with Crippen LogP contribution < -0.4 is 0 Å². The fourth-order valence-electron chi connectivity index (χ4n) is 6.55. The molecule has 0 aromatic carbocycles.